The van der Waals surface area contributed by atoms with E-state index in [-0.39, 0.29) is 18.4 Å². The lowest BCUT2D eigenvalue weighted by Crippen LogP contribution is -2.58. The van der Waals surface area contributed by atoms with Crippen LogP contribution in [0.15, 0.2) is 0 Å². The summed E-state index contributed by atoms with van der Waals surface area (Å²) in [5.74, 6) is 0. The highest BCUT2D eigenvalue weighted by Gasteiger charge is 2.50. The number of piperidine rings is 1. The van der Waals surface area contributed by atoms with Crippen molar-refractivity contribution in [2.75, 3.05) is 6.54 Å². The fourth-order valence-electron chi connectivity index (χ4n) is 2.42. The van der Waals surface area contributed by atoms with Crippen molar-refractivity contribution in [3.8, 4) is 0 Å². The van der Waals surface area contributed by atoms with Gasteiger partial charge in [-0.1, -0.05) is 13.8 Å². The van der Waals surface area contributed by atoms with Crippen LogP contribution in [0.1, 0.15) is 47.5 Å². The van der Waals surface area contributed by atoms with Crippen molar-refractivity contribution in [2.24, 2.45) is 5.41 Å². The molecule has 0 aromatic rings. The first-order chi connectivity index (χ1) is 9.23. The van der Waals surface area contributed by atoms with Crippen LogP contribution < -0.4 is 0 Å². The number of carbonyl (C=O) groups is 1. The highest BCUT2D eigenvalue weighted by Crippen LogP contribution is 2.37. The predicted octanol–water partition coefficient (Wildman–Crippen LogP) is 3.34. The molecule has 0 spiro atoms. The molecule has 4 nitrogen and oxygen atoms in total. The Labute approximate surface area is 123 Å². The van der Waals surface area contributed by atoms with Gasteiger partial charge < -0.3 is 14.7 Å². The fourth-order valence-corrected chi connectivity index (χ4v) is 2.42. The molecule has 124 valence electrons. The quantitative estimate of drug-likeness (QED) is 0.808. The van der Waals surface area contributed by atoms with Gasteiger partial charge in [0.2, 0.25) is 0 Å². The molecule has 2 atom stereocenters. The molecule has 1 heterocycles. The van der Waals surface area contributed by atoms with Crippen molar-refractivity contribution in [3.63, 3.8) is 0 Å². The summed E-state index contributed by atoms with van der Waals surface area (Å²) in [4.78, 5) is 13.2. The maximum absolute atomic E-state index is 12.8. The van der Waals surface area contributed by atoms with Gasteiger partial charge in [-0.05, 0) is 39.0 Å². The SMILES string of the molecule is CC1(C)CCC([C@H](O)C(F)(F)F)N(C(=O)OC(C)(C)C)C1. The normalized spacial score (nSPS) is 24.6. The lowest BCUT2D eigenvalue weighted by Gasteiger charge is -2.45. The molecule has 21 heavy (non-hydrogen) atoms. The molecular weight excluding hydrogens is 287 g/mol. The average molecular weight is 311 g/mol. The van der Waals surface area contributed by atoms with E-state index >= 15 is 0 Å². The number of halogens is 3. The third-order valence-corrected chi connectivity index (χ3v) is 3.44. The summed E-state index contributed by atoms with van der Waals surface area (Å²) in [5.41, 5.74) is -1.11. The number of hydrogen-bond donors (Lipinski definition) is 1. The molecule has 0 saturated carbocycles. The summed E-state index contributed by atoms with van der Waals surface area (Å²) >= 11 is 0. The van der Waals surface area contributed by atoms with E-state index in [9.17, 15) is 23.1 Å². The van der Waals surface area contributed by atoms with Crippen LogP contribution in [-0.4, -0.2) is 46.6 Å². The number of likely N-dealkylation sites (tertiary alicyclic amines) is 1. The van der Waals surface area contributed by atoms with E-state index in [1.54, 1.807) is 20.8 Å². The number of carbonyl (C=O) groups excluding carboxylic acids is 1. The summed E-state index contributed by atoms with van der Waals surface area (Å²) in [5, 5.41) is 9.52. The van der Waals surface area contributed by atoms with E-state index in [0.717, 1.165) is 4.90 Å². The number of hydrogen-bond acceptors (Lipinski definition) is 3. The summed E-state index contributed by atoms with van der Waals surface area (Å²) in [7, 11) is 0. The van der Waals surface area contributed by atoms with Crippen molar-refractivity contribution < 1.29 is 27.8 Å². The van der Waals surface area contributed by atoms with Gasteiger partial charge in [-0.15, -0.1) is 0 Å². The monoisotopic (exact) mass is 311 g/mol. The Morgan fingerprint density at radius 3 is 2.29 bits per heavy atom. The minimum absolute atomic E-state index is 0.0902. The van der Waals surface area contributed by atoms with Gasteiger partial charge in [-0.25, -0.2) is 4.79 Å². The lowest BCUT2D eigenvalue weighted by atomic mass is 9.80. The van der Waals surface area contributed by atoms with Gasteiger partial charge in [-0.2, -0.15) is 13.2 Å². The van der Waals surface area contributed by atoms with Crippen LogP contribution in [0, 0.1) is 5.41 Å². The maximum Gasteiger partial charge on any atom is 0.416 e. The first-order valence-electron chi connectivity index (χ1n) is 6.97. The van der Waals surface area contributed by atoms with E-state index in [1.807, 2.05) is 13.8 Å². The molecule has 1 rings (SSSR count). The van der Waals surface area contributed by atoms with Gasteiger partial charge in [0.25, 0.3) is 0 Å². The molecule has 7 heteroatoms. The second kappa shape index (κ2) is 5.66. The highest BCUT2D eigenvalue weighted by atomic mass is 19.4. The van der Waals surface area contributed by atoms with Gasteiger partial charge in [0.15, 0.2) is 6.10 Å². The molecule has 0 radical (unpaired) electrons. The number of aliphatic hydroxyl groups excluding tert-OH is 1. The zero-order valence-electron chi connectivity index (χ0n) is 13.1. The molecule has 1 fully saturated rings. The van der Waals surface area contributed by atoms with Crippen molar-refractivity contribution in [1.82, 2.24) is 4.90 Å². The second-order valence-electron chi connectivity index (χ2n) is 7.36. The third kappa shape index (κ3) is 5.05. The summed E-state index contributed by atoms with van der Waals surface area (Å²) in [6.07, 6.45) is -7.53. The van der Waals surface area contributed by atoms with Crippen molar-refractivity contribution in [1.29, 1.82) is 0 Å². The molecule has 1 aliphatic rings. The fraction of sp³-hybridized carbons (Fsp3) is 0.929. The van der Waals surface area contributed by atoms with Gasteiger partial charge in [0, 0.05) is 6.54 Å². The van der Waals surface area contributed by atoms with E-state index < -0.39 is 30.0 Å². The van der Waals surface area contributed by atoms with Gasteiger partial charge in [0.1, 0.15) is 5.60 Å². The molecule has 1 aliphatic heterocycles. The molecule has 0 aromatic carbocycles. The van der Waals surface area contributed by atoms with Gasteiger partial charge in [-0.3, -0.25) is 0 Å². The van der Waals surface area contributed by atoms with Crippen molar-refractivity contribution >= 4 is 6.09 Å². The Morgan fingerprint density at radius 1 is 1.33 bits per heavy atom. The molecule has 1 N–H and O–H groups in total. The Hall–Kier alpha value is -0.980. The largest absolute Gasteiger partial charge is 0.444 e. The first kappa shape index (κ1) is 18.1. The highest BCUT2D eigenvalue weighted by molar-refractivity contribution is 5.69. The minimum atomic E-state index is -4.76. The number of ether oxygens (including phenoxy) is 1. The number of amides is 1. The van der Waals surface area contributed by atoms with Crippen LogP contribution in [0.3, 0.4) is 0 Å². The number of alkyl halides is 3. The Kier molecular flexibility index (Phi) is 4.87. The van der Waals surface area contributed by atoms with Crippen LogP contribution in [0.2, 0.25) is 0 Å². The standard InChI is InChI=1S/C14H24F3NO3/c1-12(2,3)21-11(20)18-8-13(4,5)7-6-9(18)10(19)14(15,16)17/h9-10,19H,6-8H2,1-5H3/t9?,10-/m0/s1. The van der Waals surface area contributed by atoms with Crippen LogP contribution >= 0.6 is 0 Å². The molecule has 1 saturated heterocycles. The first-order valence-corrected chi connectivity index (χ1v) is 6.97. The Balaban J connectivity index is 2.98. The van der Waals surface area contributed by atoms with E-state index in [1.165, 1.54) is 0 Å². The summed E-state index contributed by atoms with van der Waals surface area (Å²) < 4.78 is 43.5. The Morgan fingerprint density at radius 2 is 1.86 bits per heavy atom. The predicted molar refractivity (Wildman–Crippen MR) is 71.8 cm³/mol. The zero-order valence-corrected chi connectivity index (χ0v) is 13.1. The summed E-state index contributed by atoms with van der Waals surface area (Å²) in [6.45, 7) is 8.82. The molecule has 0 aliphatic carbocycles. The topological polar surface area (TPSA) is 49.8 Å². The van der Waals surface area contributed by atoms with Gasteiger partial charge >= 0.3 is 12.3 Å². The van der Waals surface area contributed by atoms with E-state index in [4.69, 9.17) is 4.74 Å². The molecule has 1 unspecified atom stereocenters. The second-order valence-corrected chi connectivity index (χ2v) is 7.36. The van der Waals surface area contributed by atoms with Crippen LogP contribution in [0.4, 0.5) is 18.0 Å². The van der Waals surface area contributed by atoms with Crippen molar-refractivity contribution in [3.05, 3.63) is 0 Å². The number of aliphatic hydroxyl groups is 1. The minimum Gasteiger partial charge on any atom is -0.444 e. The lowest BCUT2D eigenvalue weighted by molar-refractivity contribution is -0.225. The smallest absolute Gasteiger partial charge is 0.416 e. The zero-order chi connectivity index (χ0) is 16.6. The number of nitrogens with zero attached hydrogens (tertiary/aromatic N) is 1. The van der Waals surface area contributed by atoms with Crippen LogP contribution in [0.5, 0.6) is 0 Å². The van der Waals surface area contributed by atoms with Crippen LogP contribution in [0.25, 0.3) is 0 Å². The van der Waals surface area contributed by atoms with E-state index in [0.29, 0.717) is 6.42 Å². The molecule has 0 aromatic heterocycles. The number of rotatable bonds is 1. The molecule has 1 amide bonds. The van der Waals surface area contributed by atoms with Crippen LogP contribution in [-0.2, 0) is 4.74 Å². The van der Waals surface area contributed by atoms with E-state index in [2.05, 4.69) is 0 Å². The molecule has 0 bridgehead atoms. The Bertz CT molecular complexity index is 388. The third-order valence-electron chi connectivity index (χ3n) is 3.44. The average Bonchev–Trinajstić information content (AvgIpc) is 2.23. The van der Waals surface area contributed by atoms with Gasteiger partial charge in [0.05, 0.1) is 6.04 Å². The summed E-state index contributed by atoms with van der Waals surface area (Å²) in [6, 6.07) is -1.30. The molecular formula is C14H24F3NO3. The maximum atomic E-state index is 12.8. The van der Waals surface area contributed by atoms with Crippen molar-refractivity contribution in [2.45, 2.75) is 71.4 Å².